The van der Waals surface area contributed by atoms with Gasteiger partial charge in [0.1, 0.15) is 18.0 Å². The van der Waals surface area contributed by atoms with E-state index in [1.54, 1.807) is 42.5 Å². The highest BCUT2D eigenvalue weighted by atomic mass is 35.5. The zero-order chi connectivity index (χ0) is 20.5. The average Bonchev–Trinajstić information content (AvgIpc) is 3.51. The summed E-state index contributed by atoms with van der Waals surface area (Å²) in [6.07, 6.45) is 1.87. The van der Waals surface area contributed by atoms with Crippen LogP contribution < -0.4 is 10.1 Å². The molecule has 4 rings (SSSR count). The van der Waals surface area contributed by atoms with Gasteiger partial charge in [-0.15, -0.1) is 0 Å². The molecule has 1 fully saturated rings. The average molecular weight is 413 g/mol. The molecule has 29 heavy (non-hydrogen) atoms. The minimum absolute atomic E-state index is 0.177. The Bertz CT molecular complexity index is 1130. The van der Waals surface area contributed by atoms with Crippen LogP contribution in [0.4, 0.5) is 0 Å². The topological polar surface area (TPSA) is 109 Å². The first-order chi connectivity index (χ1) is 13.9. The molecule has 0 unspecified atom stereocenters. The Kier molecular flexibility index (Phi) is 4.98. The molecule has 148 valence electrons. The fraction of sp³-hybridized carbons (Fsp3) is 0.190. The third-order valence-electron chi connectivity index (χ3n) is 4.59. The standard InChI is InChI=1S/C21H17ClN2O5/c22-12-2-1-3-13(8-12)29-14-6-7-15-16(9-14)18(11-4-5-11)24-19(20(15)27)21(28)23-10-17(25)26/h1-3,6-9,11,27H,4-5,10H2,(H,23,28)(H,25,26). The van der Waals surface area contributed by atoms with Crippen LogP contribution in [0.5, 0.6) is 17.2 Å². The van der Waals surface area contributed by atoms with E-state index in [2.05, 4.69) is 10.3 Å². The number of nitrogens with zero attached hydrogens (tertiary/aromatic N) is 1. The Hall–Kier alpha value is -3.32. The summed E-state index contributed by atoms with van der Waals surface area (Å²) in [7, 11) is 0. The first-order valence-corrected chi connectivity index (χ1v) is 9.40. The summed E-state index contributed by atoms with van der Waals surface area (Å²) >= 11 is 6.00. The van der Waals surface area contributed by atoms with Crippen molar-refractivity contribution < 1.29 is 24.5 Å². The van der Waals surface area contributed by atoms with Crippen molar-refractivity contribution in [3.63, 3.8) is 0 Å². The van der Waals surface area contributed by atoms with E-state index in [1.165, 1.54) is 0 Å². The van der Waals surface area contributed by atoms with Crippen molar-refractivity contribution in [1.29, 1.82) is 0 Å². The molecule has 0 radical (unpaired) electrons. The molecule has 1 heterocycles. The summed E-state index contributed by atoms with van der Waals surface area (Å²) in [5.74, 6) is -0.887. The van der Waals surface area contributed by atoms with Crippen molar-refractivity contribution in [2.45, 2.75) is 18.8 Å². The maximum Gasteiger partial charge on any atom is 0.322 e. The van der Waals surface area contributed by atoms with Crippen molar-refractivity contribution in [1.82, 2.24) is 10.3 Å². The molecule has 8 heteroatoms. The number of aromatic hydroxyl groups is 1. The normalized spacial score (nSPS) is 13.3. The van der Waals surface area contributed by atoms with Crippen molar-refractivity contribution in [3.05, 3.63) is 58.9 Å². The van der Waals surface area contributed by atoms with Gasteiger partial charge in [0, 0.05) is 21.7 Å². The molecule has 1 amide bonds. The number of carboxylic acids is 1. The van der Waals surface area contributed by atoms with Crippen molar-refractivity contribution in [3.8, 4) is 17.2 Å². The van der Waals surface area contributed by atoms with Crippen LogP contribution in [0.2, 0.25) is 5.02 Å². The molecule has 2 aromatic carbocycles. The molecule has 1 aliphatic carbocycles. The summed E-state index contributed by atoms with van der Waals surface area (Å²) in [6.45, 7) is -0.552. The van der Waals surface area contributed by atoms with Crippen LogP contribution in [0.25, 0.3) is 10.8 Å². The van der Waals surface area contributed by atoms with E-state index in [-0.39, 0.29) is 17.4 Å². The molecule has 3 N–H and O–H groups in total. The third kappa shape index (κ3) is 4.09. The molecule has 0 spiro atoms. The van der Waals surface area contributed by atoms with Crippen LogP contribution in [0.3, 0.4) is 0 Å². The third-order valence-corrected chi connectivity index (χ3v) is 4.82. The van der Waals surface area contributed by atoms with Gasteiger partial charge in [0.25, 0.3) is 5.91 Å². The van der Waals surface area contributed by atoms with Gasteiger partial charge in [0.05, 0.1) is 5.69 Å². The number of aromatic nitrogens is 1. The number of aliphatic carboxylic acids is 1. The fourth-order valence-electron chi connectivity index (χ4n) is 3.10. The van der Waals surface area contributed by atoms with Gasteiger partial charge >= 0.3 is 5.97 Å². The maximum absolute atomic E-state index is 12.3. The molecule has 7 nitrogen and oxygen atoms in total. The minimum Gasteiger partial charge on any atom is -0.505 e. The Labute approximate surface area is 170 Å². The largest absolute Gasteiger partial charge is 0.505 e. The number of carboxylic acid groups (broad SMARTS) is 1. The number of rotatable bonds is 6. The number of ether oxygens (including phenoxy) is 1. The Morgan fingerprint density at radius 1 is 1.14 bits per heavy atom. The number of hydrogen-bond donors (Lipinski definition) is 3. The lowest BCUT2D eigenvalue weighted by atomic mass is 10.0. The van der Waals surface area contributed by atoms with E-state index in [9.17, 15) is 14.7 Å². The fourth-order valence-corrected chi connectivity index (χ4v) is 3.28. The van der Waals surface area contributed by atoms with Crippen molar-refractivity contribution in [2.24, 2.45) is 0 Å². The van der Waals surface area contributed by atoms with Gasteiger partial charge in [-0.1, -0.05) is 17.7 Å². The van der Waals surface area contributed by atoms with Gasteiger partial charge in [-0.25, -0.2) is 4.98 Å². The Morgan fingerprint density at radius 3 is 2.59 bits per heavy atom. The predicted octanol–water partition coefficient (Wildman–Crippen LogP) is 4.08. The van der Waals surface area contributed by atoms with Crippen molar-refractivity contribution >= 4 is 34.2 Å². The summed E-state index contributed by atoms with van der Waals surface area (Å²) in [4.78, 5) is 27.4. The Balaban J connectivity index is 1.74. The molecule has 0 atom stereocenters. The minimum atomic E-state index is -1.18. The zero-order valence-electron chi connectivity index (χ0n) is 15.2. The molecule has 0 aliphatic heterocycles. The van der Waals surface area contributed by atoms with Crippen LogP contribution in [0, 0.1) is 0 Å². The van der Waals surface area contributed by atoms with Gasteiger partial charge in [-0.05, 0) is 49.2 Å². The summed E-state index contributed by atoms with van der Waals surface area (Å²) in [6, 6.07) is 12.1. The Morgan fingerprint density at radius 2 is 1.90 bits per heavy atom. The first kappa shape index (κ1) is 19.0. The molecule has 0 bridgehead atoms. The SMILES string of the molecule is O=C(O)CNC(=O)c1nc(C2CC2)c2cc(Oc3cccc(Cl)c3)ccc2c1O. The smallest absolute Gasteiger partial charge is 0.322 e. The quantitative estimate of drug-likeness (QED) is 0.563. The molecule has 0 saturated heterocycles. The van der Waals surface area contributed by atoms with Crippen LogP contribution in [-0.4, -0.2) is 33.6 Å². The van der Waals surface area contributed by atoms with Gasteiger partial charge in [-0.2, -0.15) is 0 Å². The van der Waals surface area contributed by atoms with E-state index >= 15 is 0 Å². The highest BCUT2D eigenvalue weighted by molar-refractivity contribution is 6.30. The van der Waals surface area contributed by atoms with Gasteiger partial charge in [-0.3, -0.25) is 9.59 Å². The molecular weight excluding hydrogens is 396 g/mol. The maximum atomic E-state index is 12.3. The van der Waals surface area contributed by atoms with Gasteiger partial charge in [0.2, 0.25) is 0 Å². The van der Waals surface area contributed by atoms with Crippen LogP contribution in [-0.2, 0) is 4.79 Å². The number of carbonyl (C=O) groups is 2. The molecule has 1 aromatic heterocycles. The molecule has 3 aromatic rings. The summed E-state index contributed by atoms with van der Waals surface area (Å²) < 4.78 is 5.87. The summed E-state index contributed by atoms with van der Waals surface area (Å²) in [5.41, 5.74) is 0.513. The number of carbonyl (C=O) groups excluding carboxylic acids is 1. The lowest BCUT2D eigenvalue weighted by Crippen LogP contribution is -2.30. The second kappa shape index (κ2) is 7.60. The zero-order valence-corrected chi connectivity index (χ0v) is 15.9. The number of halogens is 1. The highest BCUT2D eigenvalue weighted by Crippen LogP contribution is 2.45. The molecule has 1 aliphatic rings. The van der Waals surface area contributed by atoms with Crippen LogP contribution >= 0.6 is 11.6 Å². The number of amides is 1. The van der Waals surface area contributed by atoms with Crippen LogP contribution in [0.1, 0.15) is 34.9 Å². The van der Waals surface area contributed by atoms with E-state index in [4.69, 9.17) is 21.4 Å². The second-order valence-electron chi connectivity index (χ2n) is 6.81. The van der Waals surface area contributed by atoms with E-state index in [0.29, 0.717) is 33.0 Å². The van der Waals surface area contributed by atoms with Gasteiger partial charge < -0.3 is 20.3 Å². The second-order valence-corrected chi connectivity index (χ2v) is 7.25. The number of benzene rings is 2. The molecular formula is C21H17ClN2O5. The lowest BCUT2D eigenvalue weighted by molar-refractivity contribution is -0.135. The summed E-state index contributed by atoms with van der Waals surface area (Å²) in [5, 5.41) is 23.3. The first-order valence-electron chi connectivity index (χ1n) is 9.02. The van der Waals surface area contributed by atoms with E-state index in [1.807, 2.05) is 0 Å². The van der Waals surface area contributed by atoms with E-state index in [0.717, 1.165) is 12.8 Å². The van der Waals surface area contributed by atoms with Crippen molar-refractivity contribution in [2.75, 3.05) is 6.54 Å². The number of hydrogen-bond acceptors (Lipinski definition) is 5. The lowest BCUT2D eigenvalue weighted by Gasteiger charge is -2.13. The number of pyridine rings is 1. The predicted molar refractivity (Wildman–Crippen MR) is 107 cm³/mol. The number of nitrogens with one attached hydrogen (secondary N) is 1. The van der Waals surface area contributed by atoms with Gasteiger partial charge in [0.15, 0.2) is 11.4 Å². The highest BCUT2D eigenvalue weighted by Gasteiger charge is 2.30. The number of fused-ring (bicyclic) bond motifs is 1. The van der Waals surface area contributed by atoms with E-state index < -0.39 is 18.4 Å². The monoisotopic (exact) mass is 412 g/mol. The van der Waals surface area contributed by atoms with Crippen LogP contribution in [0.15, 0.2) is 42.5 Å². The molecule has 1 saturated carbocycles.